The molecule has 0 bridgehead atoms. The zero-order valence-corrected chi connectivity index (χ0v) is 19.9. The van der Waals surface area contributed by atoms with Gasteiger partial charge in [0.1, 0.15) is 5.75 Å². The third-order valence-corrected chi connectivity index (χ3v) is 8.35. The molecule has 0 saturated heterocycles. The zero-order chi connectivity index (χ0) is 23.3. The van der Waals surface area contributed by atoms with Crippen molar-refractivity contribution in [3.8, 4) is 16.9 Å². The molecule has 0 radical (unpaired) electrons. The van der Waals surface area contributed by atoms with Crippen LogP contribution in [0.5, 0.6) is 5.75 Å². The van der Waals surface area contributed by atoms with Crippen LogP contribution >= 0.6 is 7.92 Å². The van der Waals surface area contributed by atoms with Crippen LogP contribution in [-0.2, 0) is 4.79 Å². The lowest BCUT2D eigenvalue weighted by Crippen LogP contribution is -2.22. The first kappa shape index (κ1) is 22.1. The number of carbonyl (C=O) groups excluding carboxylic acids is 1. The minimum Gasteiger partial charge on any atom is -0.426 e. The van der Waals surface area contributed by atoms with E-state index in [-0.39, 0.29) is 5.97 Å². The third-order valence-electron chi connectivity index (χ3n) is 5.85. The molecule has 0 amide bonds. The Labute approximate surface area is 201 Å². The van der Waals surface area contributed by atoms with Gasteiger partial charge in [-0.2, -0.15) is 0 Å². The highest BCUT2D eigenvalue weighted by molar-refractivity contribution is 7.80. The predicted octanol–water partition coefficient (Wildman–Crippen LogP) is 6.58. The van der Waals surface area contributed by atoms with E-state index in [1.165, 1.54) is 15.9 Å². The molecule has 0 fully saturated rings. The standard InChI is InChI=1S/C31H25O2P/c1-2-30(32)33-28-22-21-23-13-9-10-18-26(23)31(28)27-19-11-12-20-29(27)34(24-14-5-3-6-15-24)25-16-7-4-8-17-25/h3-22H,2H2,1H3. The Balaban J connectivity index is 1.80. The quantitative estimate of drug-likeness (QED) is 0.163. The van der Waals surface area contributed by atoms with E-state index in [1.807, 2.05) is 31.2 Å². The molecule has 34 heavy (non-hydrogen) atoms. The van der Waals surface area contributed by atoms with Gasteiger partial charge in [0.15, 0.2) is 0 Å². The minimum absolute atomic E-state index is 0.234. The Morgan fingerprint density at radius 2 is 1.26 bits per heavy atom. The van der Waals surface area contributed by atoms with Gasteiger partial charge in [-0.1, -0.05) is 122 Å². The molecule has 0 aromatic heterocycles. The fraction of sp³-hybridized carbons (Fsp3) is 0.0645. The molecule has 0 aliphatic rings. The van der Waals surface area contributed by atoms with Crippen molar-refractivity contribution in [1.82, 2.24) is 0 Å². The summed E-state index contributed by atoms with van der Waals surface area (Å²) in [5, 5.41) is 5.99. The van der Waals surface area contributed by atoms with Crippen molar-refractivity contribution in [1.29, 1.82) is 0 Å². The van der Waals surface area contributed by atoms with Crippen LogP contribution in [0.25, 0.3) is 21.9 Å². The van der Waals surface area contributed by atoms with Crippen molar-refractivity contribution < 1.29 is 9.53 Å². The van der Waals surface area contributed by atoms with Crippen molar-refractivity contribution in [3.63, 3.8) is 0 Å². The van der Waals surface area contributed by atoms with Crippen LogP contribution in [0.4, 0.5) is 0 Å². The second kappa shape index (κ2) is 10.0. The summed E-state index contributed by atoms with van der Waals surface area (Å²) in [5.74, 6) is 0.372. The zero-order valence-electron chi connectivity index (χ0n) is 19.0. The maximum Gasteiger partial charge on any atom is 0.310 e. The molecule has 5 aromatic carbocycles. The van der Waals surface area contributed by atoms with Crippen molar-refractivity contribution in [3.05, 3.63) is 121 Å². The summed E-state index contributed by atoms with van der Waals surface area (Å²) < 4.78 is 5.87. The Kier molecular flexibility index (Phi) is 6.51. The highest BCUT2D eigenvalue weighted by Crippen LogP contribution is 2.42. The smallest absolute Gasteiger partial charge is 0.310 e. The normalized spacial score (nSPS) is 11.0. The van der Waals surface area contributed by atoms with E-state index in [2.05, 4.69) is 97.1 Å². The van der Waals surface area contributed by atoms with E-state index in [4.69, 9.17) is 4.74 Å². The van der Waals surface area contributed by atoms with Crippen LogP contribution in [0.1, 0.15) is 13.3 Å². The maximum absolute atomic E-state index is 12.3. The number of esters is 1. The molecule has 0 aliphatic carbocycles. The SMILES string of the molecule is CCC(=O)Oc1ccc2ccccc2c1-c1ccccc1P(c1ccccc1)c1ccccc1. The van der Waals surface area contributed by atoms with Crippen LogP contribution in [0, 0.1) is 0 Å². The minimum atomic E-state index is -0.823. The van der Waals surface area contributed by atoms with E-state index in [0.29, 0.717) is 12.2 Å². The van der Waals surface area contributed by atoms with Gasteiger partial charge in [-0.3, -0.25) is 4.79 Å². The lowest BCUT2D eigenvalue weighted by Gasteiger charge is -2.24. The summed E-state index contributed by atoms with van der Waals surface area (Å²) in [7, 11) is -0.823. The van der Waals surface area contributed by atoms with Gasteiger partial charge in [0.25, 0.3) is 0 Å². The van der Waals surface area contributed by atoms with Crippen LogP contribution in [0.3, 0.4) is 0 Å². The third kappa shape index (κ3) is 4.38. The molecule has 0 spiro atoms. The molecular formula is C31H25O2P. The molecule has 0 atom stereocenters. The fourth-order valence-electron chi connectivity index (χ4n) is 4.27. The van der Waals surface area contributed by atoms with E-state index >= 15 is 0 Å². The molecule has 0 saturated carbocycles. The van der Waals surface area contributed by atoms with Gasteiger partial charge in [0, 0.05) is 12.0 Å². The van der Waals surface area contributed by atoms with Crippen molar-refractivity contribution in [2.45, 2.75) is 13.3 Å². The summed E-state index contributed by atoms with van der Waals surface area (Å²) >= 11 is 0. The van der Waals surface area contributed by atoms with Crippen LogP contribution in [0.2, 0.25) is 0 Å². The fourth-order valence-corrected chi connectivity index (χ4v) is 6.73. The van der Waals surface area contributed by atoms with Crippen molar-refractivity contribution >= 4 is 40.6 Å². The number of hydrogen-bond donors (Lipinski definition) is 0. The van der Waals surface area contributed by atoms with Crippen molar-refractivity contribution in [2.75, 3.05) is 0 Å². The summed E-state index contributed by atoms with van der Waals surface area (Å²) in [6.45, 7) is 1.82. The molecule has 0 heterocycles. The molecule has 3 heteroatoms. The number of fused-ring (bicyclic) bond motifs is 1. The summed E-state index contributed by atoms with van der Waals surface area (Å²) in [6, 6.07) is 42.1. The molecule has 0 unspecified atom stereocenters. The predicted molar refractivity (Wildman–Crippen MR) is 144 cm³/mol. The average molecular weight is 461 g/mol. The Hall–Kier alpha value is -3.74. The summed E-state index contributed by atoms with van der Waals surface area (Å²) in [5.41, 5.74) is 2.06. The summed E-state index contributed by atoms with van der Waals surface area (Å²) in [4.78, 5) is 12.3. The molecular weight excluding hydrogens is 435 g/mol. The molecule has 2 nitrogen and oxygen atoms in total. The lowest BCUT2D eigenvalue weighted by atomic mass is 9.97. The Morgan fingerprint density at radius 1 is 0.676 bits per heavy atom. The van der Waals surface area contributed by atoms with Crippen LogP contribution in [-0.4, -0.2) is 5.97 Å². The maximum atomic E-state index is 12.3. The van der Waals surface area contributed by atoms with E-state index in [0.717, 1.165) is 21.9 Å². The first-order valence-electron chi connectivity index (χ1n) is 11.5. The number of ether oxygens (including phenoxy) is 1. The molecule has 5 rings (SSSR count). The first-order chi connectivity index (χ1) is 16.8. The van der Waals surface area contributed by atoms with Gasteiger partial charge < -0.3 is 4.74 Å². The van der Waals surface area contributed by atoms with Gasteiger partial charge in [-0.05, 0) is 46.2 Å². The summed E-state index contributed by atoms with van der Waals surface area (Å²) in [6.07, 6.45) is 0.328. The monoisotopic (exact) mass is 460 g/mol. The van der Waals surface area contributed by atoms with Crippen molar-refractivity contribution in [2.24, 2.45) is 0 Å². The average Bonchev–Trinajstić information content (AvgIpc) is 2.90. The molecule has 0 aliphatic heterocycles. The molecule has 0 N–H and O–H groups in total. The highest BCUT2D eigenvalue weighted by Gasteiger charge is 2.23. The van der Waals surface area contributed by atoms with Gasteiger partial charge in [0.05, 0.1) is 0 Å². The van der Waals surface area contributed by atoms with Gasteiger partial charge in [-0.25, -0.2) is 0 Å². The number of rotatable bonds is 6. The number of carbonyl (C=O) groups is 1. The number of hydrogen-bond acceptors (Lipinski definition) is 2. The molecule has 5 aromatic rings. The highest BCUT2D eigenvalue weighted by atomic mass is 31.1. The van der Waals surface area contributed by atoms with E-state index in [9.17, 15) is 4.79 Å². The second-order valence-electron chi connectivity index (χ2n) is 8.01. The van der Waals surface area contributed by atoms with Gasteiger partial charge in [-0.15, -0.1) is 0 Å². The molecule has 166 valence electrons. The van der Waals surface area contributed by atoms with E-state index < -0.39 is 7.92 Å². The largest absolute Gasteiger partial charge is 0.426 e. The number of benzene rings is 5. The topological polar surface area (TPSA) is 26.3 Å². The lowest BCUT2D eigenvalue weighted by molar-refractivity contribution is -0.133. The van der Waals surface area contributed by atoms with Gasteiger partial charge >= 0.3 is 5.97 Å². The Morgan fingerprint density at radius 3 is 1.94 bits per heavy atom. The first-order valence-corrected chi connectivity index (χ1v) is 12.8. The second-order valence-corrected chi connectivity index (χ2v) is 10.2. The van der Waals surface area contributed by atoms with E-state index in [1.54, 1.807) is 0 Å². The Bertz CT molecular complexity index is 1390. The van der Waals surface area contributed by atoms with Crippen LogP contribution in [0.15, 0.2) is 121 Å². The van der Waals surface area contributed by atoms with Gasteiger partial charge in [0.2, 0.25) is 0 Å². The van der Waals surface area contributed by atoms with Crippen LogP contribution < -0.4 is 20.7 Å².